The number of rotatable bonds is 6. The standard InChI is InChI=1S/C17H27FN2O/c1-4-19-13(2)16-11-14(18)8-9-17(16)20(3)12-15-7-5-6-10-21-15/h8-9,11,13,15,19H,4-7,10,12H2,1-3H3. The van der Waals surface area contributed by atoms with Gasteiger partial charge >= 0.3 is 0 Å². The number of benzene rings is 1. The molecule has 3 nitrogen and oxygen atoms in total. The van der Waals surface area contributed by atoms with E-state index in [9.17, 15) is 4.39 Å². The van der Waals surface area contributed by atoms with Crippen molar-refractivity contribution in [1.82, 2.24) is 5.32 Å². The predicted octanol–water partition coefficient (Wildman–Crippen LogP) is 3.50. The van der Waals surface area contributed by atoms with Crippen molar-refractivity contribution >= 4 is 5.69 Å². The van der Waals surface area contributed by atoms with Crippen LogP contribution in [0.4, 0.5) is 10.1 Å². The lowest BCUT2D eigenvalue weighted by Crippen LogP contribution is -2.34. The topological polar surface area (TPSA) is 24.5 Å². The molecule has 1 saturated heterocycles. The Morgan fingerprint density at radius 2 is 2.24 bits per heavy atom. The van der Waals surface area contributed by atoms with E-state index in [4.69, 9.17) is 4.74 Å². The summed E-state index contributed by atoms with van der Waals surface area (Å²) in [5.41, 5.74) is 2.09. The Bertz CT molecular complexity index is 446. The van der Waals surface area contributed by atoms with Crippen molar-refractivity contribution in [3.05, 3.63) is 29.6 Å². The van der Waals surface area contributed by atoms with Crippen LogP contribution in [0.1, 0.15) is 44.7 Å². The molecule has 1 aromatic carbocycles. The molecule has 1 fully saturated rings. The molecule has 0 radical (unpaired) electrons. The second kappa shape index (κ2) is 7.76. The van der Waals surface area contributed by atoms with Gasteiger partial charge in [-0.2, -0.15) is 0 Å². The number of hydrogen-bond acceptors (Lipinski definition) is 3. The van der Waals surface area contributed by atoms with Gasteiger partial charge < -0.3 is 15.0 Å². The predicted molar refractivity (Wildman–Crippen MR) is 85.4 cm³/mol. The normalized spacial score (nSPS) is 20.3. The first-order valence-corrected chi connectivity index (χ1v) is 7.97. The Balaban J connectivity index is 2.12. The highest BCUT2D eigenvalue weighted by atomic mass is 19.1. The van der Waals surface area contributed by atoms with Crippen LogP contribution in [0.5, 0.6) is 0 Å². The fourth-order valence-corrected chi connectivity index (χ4v) is 2.99. The summed E-state index contributed by atoms with van der Waals surface area (Å²) >= 11 is 0. The maximum atomic E-state index is 13.6. The lowest BCUT2D eigenvalue weighted by molar-refractivity contribution is 0.0216. The number of anilines is 1. The molecule has 0 bridgehead atoms. The third-order valence-electron chi connectivity index (χ3n) is 4.13. The minimum atomic E-state index is -0.180. The maximum Gasteiger partial charge on any atom is 0.123 e. The summed E-state index contributed by atoms with van der Waals surface area (Å²) in [7, 11) is 2.06. The number of ether oxygens (including phenoxy) is 1. The molecule has 0 saturated carbocycles. The molecule has 1 N–H and O–H groups in total. The highest BCUT2D eigenvalue weighted by Crippen LogP contribution is 2.27. The van der Waals surface area contributed by atoms with Gasteiger partial charge in [-0.3, -0.25) is 0 Å². The Hall–Kier alpha value is -1.13. The van der Waals surface area contributed by atoms with Crippen molar-refractivity contribution in [3.63, 3.8) is 0 Å². The first-order chi connectivity index (χ1) is 10.1. The summed E-state index contributed by atoms with van der Waals surface area (Å²) in [6.07, 6.45) is 3.81. The summed E-state index contributed by atoms with van der Waals surface area (Å²) in [6, 6.07) is 5.19. The molecule has 1 aliphatic heterocycles. The minimum Gasteiger partial charge on any atom is -0.376 e. The zero-order valence-electron chi connectivity index (χ0n) is 13.4. The summed E-state index contributed by atoms with van der Waals surface area (Å²) in [6.45, 7) is 6.73. The van der Waals surface area contributed by atoms with Gasteiger partial charge in [-0.25, -0.2) is 4.39 Å². The average molecular weight is 294 g/mol. The Kier molecular flexibility index (Phi) is 6.00. The highest BCUT2D eigenvalue weighted by molar-refractivity contribution is 5.54. The molecule has 0 aromatic heterocycles. The van der Waals surface area contributed by atoms with E-state index < -0.39 is 0 Å². The fraction of sp³-hybridized carbons (Fsp3) is 0.647. The summed E-state index contributed by atoms with van der Waals surface area (Å²) in [5, 5.41) is 3.36. The molecule has 1 heterocycles. The van der Waals surface area contributed by atoms with Gasteiger partial charge in [-0.1, -0.05) is 6.92 Å². The smallest absolute Gasteiger partial charge is 0.123 e. The molecule has 2 atom stereocenters. The third-order valence-corrected chi connectivity index (χ3v) is 4.13. The van der Waals surface area contributed by atoms with Crippen molar-refractivity contribution in [2.75, 3.05) is 31.6 Å². The van der Waals surface area contributed by atoms with Gasteiger partial charge in [0.2, 0.25) is 0 Å². The Morgan fingerprint density at radius 3 is 2.90 bits per heavy atom. The summed E-state index contributed by atoms with van der Waals surface area (Å²) in [5.74, 6) is -0.180. The van der Waals surface area contributed by atoms with Gasteiger partial charge in [-0.05, 0) is 56.5 Å². The molecule has 1 aromatic rings. The highest BCUT2D eigenvalue weighted by Gasteiger charge is 2.19. The van der Waals surface area contributed by atoms with Gasteiger partial charge in [0.05, 0.1) is 6.10 Å². The van der Waals surface area contributed by atoms with Crippen LogP contribution in [0.2, 0.25) is 0 Å². The van der Waals surface area contributed by atoms with E-state index in [1.807, 2.05) is 6.07 Å². The first kappa shape index (κ1) is 16.2. The molecule has 21 heavy (non-hydrogen) atoms. The van der Waals surface area contributed by atoms with Gasteiger partial charge in [0, 0.05) is 31.9 Å². The van der Waals surface area contributed by atoms with Crippen LogP contribution in [0.15, 0.2) is 18.2 Å². The van der Waals surface area contributed by atoms with Crippen LogP contribution >= 0.6 is 0 Å². The van der Waals surface area contributed by atoms with E-state index in [0.29, 0.717) is 0 Å². The molecule has 0 amide bonds. The third kappa shape index (κ3) is 4.42. The van der Waals surface area contributed by atoms with Crippen LogP contribution in [0.3, 0.4) is 0 Å². The zero-order valence-corrected chi connectivity index (χ0v) is 13.4. The monoisotopic (exact) mass is 294 g/mol. The van der Waals surface area contributed by atoms with Gasteiger partial charge in [0.1, 0.15) is 5.82 Å². The lowest BCUT2D eigenvalue weighted by atomic mass is 10.0. The van der Waals surface area contributed by atoms with Crippen molar-refractivity contribution in [1.29, 1.82) is 0 Å². The number of likely N-dealkylation sites (N-methyl/N-ethyl adjacent to an activating group) is 1. The molecule has 0 spiro atoms. The number of nitrogens with one attached hydrogen (secondary N) is 1. The summed E-state index contributed by atoms with van der Waals surface area (Å²) in [4.78, 5) is 2.19. The van der Waals surface area contributed by atoms with Gasteiger partial charge in [0.25, 0.3) is 0 Å². The van der Waals surface area contributed by atoms with Gasteiger partial charge in [0.15, 0.2) is 0 Å². The van der Waals surface area contributed by atoms with Crippen LogP contribution < -0.4 is 10.2 Å². The quantitative estimate of drug-likeness (QED) is 0.869. The second-order valence-corrected chi connectivity index (χ2v) is 5.85. The van der Waals surface area contributed by atoms with Crippen LogP contribution in [-0.4, -0.2) is 32.8 Å². The molecule has 0 aliphatic carbocycles. The first-order valence-electron chi connectivity index (χ1n) is 7.97. The Labute approximate surface area is 127 Å². The van der Waals surface area contributed by atoms with E-state index in [1.165, 1.54) is 18.9 Å². The molecular formula is C17H27FN2O. The van der Waals surface area contributed by atoms with E-state index >= 15 is 0 Å². The van der Waals surface area contributed by atoms with E-state index in [0.717, 1.165) is 37.4 Å². The van der Waals surface area contributed by atoms with Crippen molar-refractivity contribution in [3.8, 4) is 0 Å². The number of hydrogen-bond donors (Lipinski definition) is 1. The fourth-order valence-electron chi connectivity index (χ4n) is 2.99. The molecule has 2 unspecified atom stereocenters. The van der Waals surface area contributed by atoms with E-state index in [-0.39, 0.29) is 18.0 Å². The largest absolute Gasteiger partial charge is 0.376 e. The minimum absolute atomic E-state index is 0.135. The molecule has 2 rings (SSSR count). The number of nitrogens with zero attached hydrogens (tertiary/aromatic N) is 1. The Morgan fingerprint density at radius 1 is 1.43 bits per heavy atom. The lowest BCUT2D eigenvalue weighted by Gasteiger charge is -2.31. The van der Waals surface area contributed by atoms with Crippen LogP contribution in [-0.2, 0) is 4.74 Å². The molecular weight excluding hydrogens is 267 g/mol. The molecule has 1 aliphatic rings. The van der Waals surface area contributed by atoms with Gasteiger partial charge in [-0.15, -0.1) is 0 Å². The van der Waals surface area contributed by atoms with E-state index in [2.05, 4.69) is 31.1 Å². The number of halogens is 1. The van der Waals surface area contributed by atoms with Crippen LogP contribution in [0, 0.1) is 5.82 Å². The second-order valence-electron chi connectivity index (χ2n) is 5.85. The van der Waals surface area contributed by atoms with Crippen molar-refractivity contribution < 1.29 is 9.13 Å². The molecule has 118 valence electrons. The van der Waals surface area contributed by atoms with E-state index in [1.54, 1.807) is 6.07 Å². The SMILES string of the molecule is CCNC(C)c1cc(F)ccc1N(C)CC1CCCCO1. The average Bonchev–Trinajstić information content (AvgIpc) is 2.48. The zero-order chi connectivity index (χ0) is 15.2. The molecule has 4 heteroatoms. The van der Waals surface area contributed by atoms with Crippen molar-refractivity contribution in [2.45, 2.75) is 45.3 Å². The van der Waals surface area contributed by atoms with Crippen molar-refractivity contribution in [2.24, 2.45) is 0 Å². The maximum absolute atomic E-state index is 13.6. The summed E-state index contributed by atoms with van der Waals surface area (Å²) < 4.78 is 19.4. The van der Waals surface area contributed by atoms with Crippen LogP contribution in [0.25, 0.3) is 0 Å².